The highest BCUT2D eigenvalue weighted by Crippen LogP contribution is 2.28. The number of anilines is 1. The van der Waals surface area contributed by atoms with E-state index in [1.165, 1.54) is 0 Å². The second-order valence-electron chi connectivity index (χ2n) is 5.08. The van der Waals surface area contributed by atoms with Crippen LogP contribution in [0.1, 0.15) is 26.8 Å². The van der Waals surface area contributed by atoms with E-state index in [2.05, 4.69) is 26.3 Å². The predicted octanol–water partition coefficient (Wildman–Crippen LogP) is 4.29. The van der Waals surface area contributed by atoms with E-state index < -0.39 is 6.10 Å². The lowest BCUT2D eigenvalue weighted by molar-refractivity contribution is -0.122. The number of ether oxygens (including phenoxy) is 1. The SMILES string of the molecule is CC(C)n1nccc1NC(=O)[C@@H](C)Oc1ccc(Br)cc1Cl. The van der Waals surface area contributed by atoms with Gasteiger partial charge >= 0.3 is 0 Å². The highest BCUT2D eigenvalue weighted by molar-refractivity contribution is 9.10. The van der Waals surface area contributed by atoms with Crippen molar-refractivity contribution in [2.45, 2.75) is 32.9 Å². The van der Waals surface area contributed by atoms with E-state index in [4.69, 9.17) is 16.3 Å². The molecule has 1 N–H and O–H groups in total. The third-order valence-electron chi connectivity index (χ3n) is 2.98. The maximum atomic E-state index is 12.2. The molecule has 1 heterocycles. The first-order valence-electron chi connectivity index (χ1n) is 6.84. The summed E-state index contributed by atoms with van der Waals surface area (Å²) >= 11 is 9.41. The molecule has 1 amide bonds. The Bertz CT molecular complexity index is 673. The Kier molecular flexibility index (Phi) is 5.47. The Morgan fingerprint density at radius 2 is 2.09 bits per heavy atom. The van der Waals surface area contributed by atoms with Crippen molar-refractivity contribution in [1.82, 2.24) is 9.78 Å². The average molecular weight is 387 g/mol. The zero-order valence-electron chi connectivity index (χ0n) is 12.5. The largest absolute Gasteiger partial charge is 0.479 e. The lowest BCUT2D eigenvalue weighted by Crippen LogP contribution is -2.31. The summed E-state index contributed by atoms with van der Waals surface area (Å²) in [5.74, 6) is 0.837. The van der Waals surface area contributed by atoms with Gasteiger partial charge in [0.15, 0.2) is 6.10 Å². The number of aromatic nitrogens is 2. The number of amides is 1. The number of hydrogen-bond acceptors (Lipinski definition) is 3. The molecular weight excluding hydrogens is 370 g/mol. The number of rotatable bonds is 5. The fraction of sp³-hybridized carbons (Fsp3) is 0.333. The molecule has 22 heavy (non-hydrogen) atoms. The molecule has 0 saturated carbocycles. The van der Waals surface area contributed by atoms with Crippen LogP contribution >= 0.6 is 27.5 Å². The summed E-state index contributed by atoms with van der Waals surface area (Å²) in [6.07, 6.45) is 0.960. The number of nitrogens with one attached hydrogen (secondary N) is 1. The van der Waals surface area contributed by atoms with E-state index >= 15 is 0 Å². The Labute approximate surface area is 142 Å². The van der Waals surface area contributed by atoms with Crippen LogP contribution in [0.2, 0.25) is 5.02 Å². The van der Waals surface area contributed by atoms with Crippen LogP contribution in [-0.4, -0.2) is 21.8 Å². The summed E-state index contributed by atoms with van der Waals surface area (Å²) in [5.41, 5.74) is 0. The van der Waals surface area contributed by atoms with Crippen LogP contribution < -0.4 is 10.1 Å². The zero-order valence-corrected chi connectivity index (χ0v) is 14.9. The summed E-state index contributed by atoms with van der Waals surface area (Å²) in [5, 5.41) is 7.42. The van der Waals surface area contributed by atoms with Gasteiger partial charge in [-0.25, -0.2) is 4.68 Å². The number of carbonyl (C=O) groups excluding carboxylic acids is 1. The van der Waals surface area contributed by atoms with Gasteiger partial charge in [0, 0.05) is 16.6 Å². The second kappa shape index (κ2) is 7.15. The van der Waals surface area contributed by atoms with Gasteiger partial charge in [-0.2, -0.15) is 5.10 Å². The Balaban J connectivity index is 2.04. The van der Waals surface area contributed by atoms with Crippen LogP contribution in [0.5, 0.6) is 5.75 Å². The van der Waals surface area contributed by atoms with Crippen molar-refractivity contribution < 1.29 is 9.53 Å². The maximum Gasteiger partial charge on any atom is 0.266 e. The summed E-state index contributed by atoms with van der Waals surface area (Å²) < 4.78 is 8.20. The number of carbonyl (C=O) groups is 1. The summed E-state index contributed by atoms with van der Waals surface area (Å²) in [4.78, 5) is 12.2. The molecule has 0 aliphatic carbocycles. The van der Waals surface area contributed by atoms with Crippen molar-refractivity contribution in [3.8, 4) is 5.75 Å². The molecule has 0 unspecified atom stereocenters. The van der Waals surface area contributed by atoms with Crippen LogP contribution in [0.4, 0.5) is 5.82 Å². The van der Waals surface area contributed by atoms with E-state index in [1.807, 2.05) is 13.8 Å². The van der Waals surface area contributed by atoms with Crippen LogP contribution in [0, 0.1) is 0 Å². The number of benzene rings is 1. The number of halogens is 2. The normalized spacial score (nSPS) is 12.3. The van der Waals surface area contributed by atoms with E-state index in [0.29, 0.717) is 16.6 Å². The molecule has 0 bridgehead atoms. The summed E-state index contributed by atoms with van der Waals surface area (Å²) in [6, 6.07) is 7.14. The molecule has 5 nitrogen and oxygen atoms in total. The van der Waals surface area contributed by atoms with Crippen LogP contribution in [0.3, 0.4) is 0 Å². The van der Waals surface area contributed by atoms with Gasteiger partial charge in [-0.1, -0.05) is 27.5 Å². The van der Waals surface area contributed by atoms with E-state index in [-0.39, 0.29) is 11.9 Å². The van der Waals surface area contributed by atoms with Crippen molar-refractivity contribution in [3.05, 3.63) is 40.0 Å². The minimum absolute atomic E-state index is 0.155. The first kappa shape index (κ1) is 16.8. The lowest BCUT2D eigenvalue weighted by atomic mass is 10.3. The van der Waals surface area contributed by atoms with Crippen LogP contribution in [0.25, 0.3) is 0 Å². The van der Waals surface area contributed by atoms with Gasteiger partial charge in [0.1, 0.15) is 11.6 Å². The molecule has 0 radical (unpaired) electrons. The number of nitrogens with zero attached hydrogens (tertiary/aromatic N) is 2. The molecule has 0 saturated heterocycles. The van der Waals surface area contributed by atoms with E-state index in [1.54, 1.807) is 42.1 Å². The molecule has 1 aromatic heterocycles. The van der Waals surface area contributed by atoms with Gasteiger partial charge in [0.05, 0.1) is 11.2 Å². The molecule has 1 aromatic carbocycles. The Hall–Kier alpha value is -1.53. The van der Waals surface area contributed by atoms with Gasteiger partial charge in [0.2, 0.25) is 0 Å². The highest BCUT2D eigenvalue weighted by atomic mass is 79.9. The smallest absolute Gasteiger partial charge is 0.266 e. The van der Waals surface area contributed by atoms with Gasteiger partial charge in [-0.3, -0.25) is 4.79 Å². The van der Waals surface area contributed by atoms with E-state index in [9.17, 15) is 4.79 Å². The molecule has 0 fully saturated rings. The maximum absolute atomic E-state index is 12.2. The average Bonchev–Trinajstić information content (AvgIpc) is 2.90. The quantitative estimate of drug-likeness (QED) is 0.834. The zero-order chi connectivity index (χ0) is 16.3. The summed E-state index contributed by atoms with van der Waals surface area (Å²) in [7, 11) is 0. The fourth-order valence-electron chi connectivity index (χ4n) is 1.87. The predicted molar refractivity (Wildman–Crippen MR) is 90.5 cm³/mol. The van der Waals surface area contributed by atoms with Gasteiger partial charge in [-0.05, 0) is 39.0 Å². The van der Waals surface area contributed by atoms with Crippen molar-refractivity contribution in [1.29, 1.82) is 0 Å². The first-order chi connectivity index (χ1) is 10.4. The minimum atomic E-state index is -0.686. The monoisotopic (exact) mass is 385 g/mol. The second-order valence-corrected chi connectivity index (χ2v) is 6.40. The first-order valence-corrected chi connectivity index (χ1v) is 8.01. The van der Waals surface area contributed by atoms with Crippen LogP contribution in [0.15, 0.2) is 34.9 Å². The fourth-order valence-corrected chi connectivity index (χ4v) is 2.59. The number of hydrogen-bond donors (Lipinski definition) is 1. The third-order valence-corrected chi connectivity index (χ3v) is 3.77. The van der Waals surface area contributed by atoms with Gasteiger partial charge in [-0.15, -0.1) is 0 Å². The lowest BCUT2D eigenvalue weighted by Gasteiger charge is -2.17. The topological polar surface area (TPSA) is 56.2 Å². The van der Waals surface area contributed by atoms with E-state index in [0.717, 1.165) is 4.47 Å². The minimum Gasteiger partial charge on any atom is -0.479 e. The summed E-state index contributed by atoms with van der Waals surface area (Å²) in [6.45, 7) is 5.65. The van der Waals surface area contributed by atoms with Gasteiger partial charge < -0.3 is 10.1 Å². The standard InChI is InChI=1S/C15H17BrClN3O2/c1-9(2)20-14(6-7-18-20)19-15(21)10(3)22-13-5-4-11(16)8-12(13)17/h4-10H,1-3H3,(H,19,21)/t10-/m1/s1. The highest BCUT2D eigenvalue weighted by Gasteiger charge is 2.18. The van der Waals surface area contributed by atoms with Crippen molar-refractivity contribution in [3.63, 3.8) is 0 Å². The molecule has 0 spiro atoms. The molecule has 118 valence electrons. The Morgan fingerprint density at radius 1 is 1.36 bits per heavy atom. The molecule has 2 rings (SSSR count). The molecule has 7 heteroatoms. The molecular formula is C15H17BrClN3O2. The van der Waals surface area contributed by atoms with Crippen LogP contribution in [-0.2, 0) is 4.79 Å². The van der Waals surface area contributed by atoms with Crippen molar-refractivity contribution in [2.75, 3.05) is 5.32 Å². The molecule has 0 aliphatic heterocycles. The molecule has 0 aliphatic rings. The van der Waals surface area contributed by atoms with Gasteiger partial charge in [0.25, 0.3) is 5.91 Å². The third kappa shape index (κ3) is 4.01. The molecule has 1 atom stereocenters. The van der Waals surface area contributed by atoms with Crippen molar-refractivity contribution in [2.24, 2.45) is 0 Å². The molecule has 2 aromatic rings. The Morgan fingerprint density at radius 3 is 2.73 bits per heavy atom. The van der Waals surface area contributed by atoms with Crippen molar-refractivity contribution >= 4 is 39.3 Å².